The number of nitrogens with zero attached hydrogens (tertiary/aromatic N) is 1. The molecule has 2 rings (SSSR count). The molecule has 0 spiro atoms. The zero-order chi connectivity index (χ0) is 18.6. The van der Waals surface area contributed by atoms with Crippen LogP contribution in [-0.4, -0.2) is 50.4 Å². The molecule has 0 saturated heterocycles. The van der Waals surface area contributed by atoms with Crippen LogP contribution < -0.4 is 9.64 Å². The highest BCUT2D eigenvalue weighted by Gasteiger charge is 2.18. The molecule has 0 radical (unpaired) electrons. The highest BCUT2D eigenvalue weighted by Crippen LogP contribution is 2.16. The van der Waals surface area contributed by atoms with Gasteiger partial charge < -0.3 is 24.2 Å². The van der Waals surface area contributed by atoms with E-state index >= 15 is 0 Å². The van der Waals surface area contributed by atoms with Gasteiger partial charge in [-0.3, -0.25) is 0 Å². The summed E-state index contributed by atoms with van der Waals surface area (Å²) in [6.45, 7) is 6.23. The molecule has 0 fully saturated rings. The molecule has 1 atom stereocenters. The predicted molar refractivity (Wildman–Crippen MR) is 104 cm³/mol. The van der Waals surface area contributed by atoms with Gasteiger partial charge in [-0.1, -0.05) is 36.4 Å². The number of para-hydroxylation sites is 2. The summed E-state index contributed by atoms with van der Waals surface area (Å²) in [5.41, 5.74) is 1.01. The molecule has 0 aliphatic carbocycles. The van der Waals surface area contributed by atoms with Crippen LogP contribution in [0, 0.1) is 0 Å². The highest BCUT2D eigenvalue weighted by atomic mass is 16.7. The van der Waals surface area contributed by atoms with E-state index in [1.165, 1.54) is 0 Å². The van der Waals surface area contributed by atoms with Crippen LogP contribution in [-0.2, 0) is 9.47 Å². The fourth-order valence-electron chi connectivity index (χ4n) is 2.65. The second-order valence-electron chi connectivity index (χ2n) is 5.86. The first-order valence-corrected chi connectivity index (χ1v) is 9.12. The lowest BCUT2D eigenvalue weighted by Crippen LogP contribution is -2.41. The van der Waals surface area contributed by atoms with Crippen LogP contribution in [0.3, 0.4) is 0 Å². The third kappa shape index (κ3) is 7.04. The van der Waals surface area contributed by atoms with Gasteiger partial charge in [-0.25, -0.2) is 0 Å². The molecule has 0 bridgehead atoms. The SMILES string of the molecule is CCOC(CN(CC(O)COc1ccccc1)c1ccccc1)OCC. The molecule has 0 aliphatic rings. The Morgan fingerprint density at radius 1 is 0.846 bits per heavy atom. The van der Waals surface area contributed by atoms with Crippen LogP contribution in [0.2, 0.25) is 0 Å². The first-order chi connectivity index (χ1) is 12.7. The fraction of sp³-hybridized carbons (Fsp3) is 0.429. The molecule has 2 aromatic carbocycles. The van der Waals surface area contributed by atoms with Crippen molar-refractivity contribution in [2.45, 2.75) is 26.2 Å². The molecule has 0 aliphatic heterocycles. The van der Waals surface area contributed by atoms with E-state index in [0.29, 0.717) is 26.3 Å². The van der Waals surface area contributed by atoms with Gasteiger partial charge in [-0.15, -0.1) is 0 Å². The monoisotopic (exact) mass is 359 g/mol. The number of ether oxygens (including phenoxy) is 3. The van der Waals surface area contributed by atoms with E-state index in [0.717, 1.165) is 11.4 Å². The molecule has 0 amide bonds. The summed E-state index contributed by atoms with van der Waals surface area (Å²) in [4.78, 5) is 2.06. The zero-order valence-electron chi connectivity index (χ0n) is 15.6. The summed E-state index contributed by atoms with van der Waals surface area (Å²) < 4.78 is 17.0. The maximum absolute atomic E-state index is 10.5. The first kappa shape index (κ1) is 20.2. The van der Waals surface area contributed by atoms with Crippen molar-refractivity contribution in [1.82, 2.24) is 0 Å². The van der Waals surface area contributed by atoms with E-state index in [1.807, 2.05) is 74.5 Å². The third-order valence-corrected chi connectivity index (χ3v) is 3.81. The molecule has 5 nitrogen and oxygen atoms in total. The van der Waals surface area contributed by atoms with Gasteiger partial charge in [-0.2, -0.15) is 0 Å². The first-order valence-electron chi connectivity index (χ1n) is 9.12. The largest absolute Gasteiger partial charge is 0.491 e. The second kappa shape index (κ2) is 11.5. The summed E-state index contributed by atoms with van der Waals surface area (Å²) in [6.07, 6.45) is -0.980. The summed E-state index contributed by atoms with van der Waals surface area (Å²) in [5.74, 6) is 0.749. The van der Waals surface area contributed by atoms with Gasteiger partial charge in [0.15, 0.2) is 6.29 Å². The Hall–Kier alpha value is -2.08. The number of hydrogen-bond donors (Lipinski definition) is 1. The zero-order valence-corrected chi connectivity index (χ0v) is 15.6. The van der Waals surface area contributed by atoms with Crippen LogP contribution in [0.25, 0.3) is 0 Å². The van der Waals surface area contributed by atoms with E-state index in [1.54, 1.807) is 0 Å². The number of benzene rings is 2. The number of anilines is 1. The normalized spacial score (nSPS) is 12.2. The minimum absolute atomic E-state index is 0.223. The molecular formula is C21H29NO4. The van der Waals surface area contributed by atoms with Crippen LogP contribution in [0.1, 0.15) is 13.8 Å². The van der Waals surface area contributed by atoms with Crippen molar-refractivity contribution in [2.75, 3.05) is 37.8 Å². The van der Waals surface area contributed by atoms with E-state index < -0.39 is 6.10 Å². The Morgan fingerprint density at radius 3 is 2.00 bits per heavy atom. The Bertz CT molecular complexity index is 587. The average Bonchev–Trinajstić information content (AvgIpc) is 2.68. The fourth-order valence-corrected chi connectivity index (χ4v) is 2.65. The van der Waals surface area contributed by atoms with E-state index in [2.05, 4.69) is 4.90 Å². The molecule has 26 heavy (non-hydrogen) atoms. The number of rotatable bonds is 12. The lowest BCUT2D eigenvalue weighted by atomic mass is 10.2. The molecule has 1 N–H and O–H groups in total. The van der Waals surface area contributed by atoms with Crippen molar-refractivity contribution in [2.24, 2.45) is 0 Å². The lowest BCUT2D eigenvalue weighted by molar-refractivity contribution is -0.129. The summed E-state index contributed by atoms with van der Waals surface area (Å²) in [5, 5.41) is 10.5. The average molecular weight is 359 g/mol. The van der Waals surface area contributed by atoms with Crippen molar-refractivity contribution in [3.63, 3.8) is 0 Å². The summed E-state index contributed by atoms with van der Waals surface area (Å²) >= 11 is 0. The van der Waals surface area contributed by atoms with Crippen molar-refractivity contribution in [3.05, 3.63) is 60.7 Å². The molecule has 142 valence electrons. The van der Waals surface area contributed by atoms with Crippen LogP contribution in [0.4, 0.5) is 5.69 Å². The Balaban J connectivity index is 1.98. The van der Waals surface area contributed by atoms with Gasteiger partial charge in [0.2, 0.25) is 0 Å². The number of aliphatic hydroxyl groups excluding tert-OH is 1. The molecule has 1 unspecified atom stereocenters. The minimum atomic E-state index is -0.640. The topological polar surface area (TPSA) is 51.2 Å². The van der Waals surface area contributed by atoms with Gasteiger partial charge in [0.25, 0.3) is 0 Å². The van der Waals surface area contributed by atoms with Gasteiger partial charge in [0, 0.05) is 25.4 Å². The van der Waals surface area contributed by atoms with Crippen LogP contribution >= 0.6 is 0 Å². The van der Waals surface area contributed by atoms with Crippen molar-refractivity contribution >= 4 is 5.69 Å². The van der Waals surface area contributed by atoms with Crippen molar-refractivity contribution in [1.29, 1.82) is 0 Å². The highest BCUT2D eigenvalue weighted by molar-refractivity contribution is 5.46. The van der Waals surface area contributed by atoms with E-state index in [9.17, 15) is 5.11 Å². The van der Waals surface area contributed by atoms with E-state index in [-0.39, 0.29) is 12.9 Å². The maximum Gasteiger partial charge on any atom is 0.174 e. The summed E-state index contributed by atoms with van der Waals surface area (Å²) in [6, 6.07) is 19.5. The summed E-state index contributed by atoms with van der Waals surface area (Å²) in [7, 11) is 0. The third-order valence-electron chi connectivity index (χ3n) is 3.81. The minimum Gasteiger partial charge on any atom is -0.491 e. The molecule has 0 heterocycles. The van der Waals surface area contributed by atoms with Crippen LogP contribution in [0.5, 0.6) is 5.75 Å². The predicted octanol–water partition coefficient (Wildman–Crippen LogP) is 3.33. The van der Waals surface area contributed by atoms with Gasteiger partial charge in [0.05, 0.1) is 6.54 Å². The molecule has 0 aromatic heterocycles. The van der Waals surface area contributed by atoms with Crippen LogP contribution in [0.15, 0.2) is 60.7 Å². The van der Waals surface area contributed by atoms with Crippen molar-refractivity contribution < 1.29 is 19.3 Å². The Morgan fingerprint density at radius 2 is 1.42 bits per heavy atom. The second-order valence-corrected chi connectivity index (χ2v) is 5.86. The van der Waals surface area contributed by atoms with Gasteiger partial charge in [-0.05, 0) is 38.1 Å². The lowest BCUT2D eigenvalue weighted by Gasteiger charge is -2.30. The Labute approximate surface area is 156 Å². The van der Waals surface area contributed by atoms with Crippen molar-refractivity contribution in [3.8, 4) is 5.75 Å². The van der Waals surface area contributed by atoms with E-state index in [4.69, 9.17) is 14.2 Å². The molecule has 5 heteroatoms. The quantitative estimate of drug-likeness (QED) is 0.589. The standard InChI is InChI=1S/C21H29NO4/c1-3-24-21(25-4-2)16-22(18-11-7-5-8-12-18)15-19(23)17-26-20-13-9-6-10-14-20/h5-14,19,21,23H,3-4,15-17H2,1-2H3. The Kier molecular flexibility index (Phi) is 8.96. The molecule has 2 aromatic rings. The molecule has 0 saturated carbocycles. The molecular weight excluding hydrogens is 330 g/mol. The maximum atomic E-state index is 10.5. The smallest absolute Gasteiger partial charge is 0.174 e. The van der Waals surface area contributed by atoms with Gasteiger partial charge in [0.1, 0.15) is 18.5 Å². The number of aliphatic hydroxyl groups is 1. The van der Waals surface area contributed by atoms with Gasteiger partial charge >= 0.3 is 0 Å². The number of hydrogen-bond acceptors (Lipinski definition) is 5.